The van der Waals surface area contributed by atoms with Crippen molar-refractivity contribution in [3.8, 4) is 0 Å². The van der Waals surface area contributed by atoms with Crippen LogP contribution in [0.5, 0.6) is 0 Å². The molecule has 2 rings (SSSR count). The van der Waals surface area contributed by atoms with Gasteiger partial charge in [-0.2, -0.15) is 0 Å². The highest BCUT2D eigenvalue weighted by Gasteiger charge is 2.21. The Morgan fingerprint density at radius 2 is 2.38 bits per heavy atom. The van der Waals surface area contributed by atoms with Gasteiger partial charge < -0.3 is 9.26 Å². The van der Waals surface area contributed by atoms with Crippen molar-refractivity contribution in [1.29, 1.82) is 5.41 Å². The van der Waals surface area contributed by atoms with Gasteiger partial charge in [0.2, 0.25) is 0 Å². The van der Waals surface area contributed by atoms with Crippen molar-refractivity contribution in [2.45, 2.75) is 25.9 Å². The first-order chi connectivity index (χ1) is 7.65. The van der Waals surface area contributed by atoms with Crippen LogP contribution in [-0.4, -0.2) is 25.2 Å². The maximum atomic E-state index is 10.8. The Kier molecular flexibility index (Phi) is 2.93. The van der Waals surface area contributed by atoms with Crippen molar-refractivity contribution in [3.05, 3.63) is 11.8 Å². The van der Waals surface area contributed by atoms with Crippen molar-refractivity contribution in [2.24, 2.45) is 0 Å². The number of ether oxygens (including phenoxy) is 1. The lowest BCUT2D eigenvalue weighted by atomic mass is 10.1. The number of hydrogen-bond acceptors (Lipinski definition) is 5. The highest BCUT2D eigenvalue weighted by atomic mass is 16.5. The smallest absolute Gasteiger partial charge is 0.302 e. The molecule has 1 aliphatic rings. The third-order valence-electron chi connectivity index (χ3n) is 2.50. The molecular weight excluding hydrogens is 212 g/mol. The van der Waals surface area contributed by atoms with Gasteiger partial charge in [-0.15, -0.1) is 0 Å². The lowest BCUT2D eigenvalue weighted by molar-refractivity contribution is -0.764. The minimum absolute atomic E-state index is 0.00303. The highest BCUT2D eigenvalue weighted by molar-refractivity contribution is 5.66. The van der Waals surface area contributed by atoms with E-state index in [2.05, 4.69) is 9.79 Å². The summed E-state index contributed by atoms with van der Waals surface area (Å²) in [5, 5.41) is 12.9. The van der Waals surface area contributed by atoms with E-state index in [9.17, 15) is 4.79 Å². The molecule has 16 heavy (non-hydrogen) atoms. The van der Waals surface area contributed by atoms with Gasteiger partial charge in [0, 0.05) is 20.0 Å². The summed E-state index contributed by atoms with van der Waals surface area (Å²) in [6.45, 7) is 2.88. The lowest BCUT2D eigenvalue weighted by Crippen LogP contribution is -2.63. The van der Waals surface area contributed by atoms with Crippen LogP contribution in [0.25, 0.3) is 0 Å². The minimum atomic E-state index is -0.235. The number of rotatable bonds is 2. The van der Waals surface area contributed by atoms with Gasteiger partial charge >= 0.3 is 5.97 Å². The molecule has 0 amide bonds. The van der Waals surface area contributed by atoms with E-state index in [0.717, 1.165) is 25.9 Å². The van der Waals surface area contributed by atoms with E-state index in [1.807, 2.05) is 5.01 Å². The molecule has 1 fully saturated rings. The normalized spacial score (nSPS) is 17.4. The first kappa shape index (κ1) is 10.7. The topological polar surface area (TPSA) is 84.5 Å². The van der Waals surface area contributed by atoms with Crippen molar-refractivity contribution >= 4 is 5.97 Å². The zero-order chi connectivity index (χ0) is 11.5. The number of hydrogen-bond donors (Lipinski definition) is 1. The van der Waals surface area contributed by atoms with E-state index < -0.39 is 0 Å². The summed E-state index contributed by atoms with van der Waals surface area (Å²) in [5.74, 6) is -0.235. The van der Waals surface area contributed by atoms with Crippen LogP contribution in [0.3, 0.4) is 0 Å². The number of nitrogens with one attached hydrogen (secondary N) is 1. The average molecular weight is 226 g/mol. The maximum Gasteiger partial charge on any atom is 0.302 e. The van der Waals surface area contributed by atoms with Gasteiger partial charge in [-0.25, -0.2) is 0 Å². The van der Waals surface area contributed by atoms with Crippen molar-refractivity contribution in [2.75, 3.05) is 18.1 Å². The minimum Gasteiger partial charge on any atom is -0.463 e. The molecule has 1 aliphatic heterocycles. The van der Waals surface area contributed by atoms with E-state index >= 15 is 0 Å². The van der Waals surface area contributed by atoms with E-state index in [1.165, 1.54) is 17.9 Å². The Morgan fingerprint density at radius 1 is 1.69 bits per heavy atom. The predicted molar refractivity (Wildman–Crippen MR) is 50.8 cm³/mol. The van der Waals surface area contributed by atoms with Crippen LogP contribution >= 0.6 is 0 Å². The molecule has 0 radical (unpaired) electrons. The quantitative estimate of drug-likeness (QED) is 0.499. The second-order valence-electron chi connectivity index (χ2n) is 3.75. The molecule has 0 saturated carbocycles. The van der Waals surface area contributed by atoms with E-state index in [1.54, 1.807) is 0 Å². The van der Waals surface area contributed by atoms with Crippen LogP contribution in [0, 0.1) is 5.41 Å². The number of piperidine rings is 1. The number of nitrogens with zero attached hydrogens (tertiary/aromatic N) is 3. The van der Waals surface area contributed by atoms with Gasteiger partial charge in [0.1, 0.15) is 6.10 Å². The monoisotopic (exact) mass is 226 g/mol. The molecule has 2 heterocycles. The molecule has 7 nitrogen and oxygen atoms in total. The van der Waals surface area contributed by atoms with Crippen LogP contribution < -0.4 is 20.6 Å². The number of carbonyl (C=O) groups excluding carboxylic acids is 1. The van der Waals surface area contributed by atoms with Gasteiger partial charge in [0.15, 0.2) is 0 Å². The second kappa shape index (κ2) is 4.38. The second-order valence-corrected chi connectivity index (χ2v) is 3.75. The molecule has 1 N–H and O–H groups in total. The average Bonchev–Trinajstić information content (AvgIpc) is 2.65. The fourth-order valence-electron chi connectivity index (χ4n) is 1.77. The molecule has 0 atom stereocenters. The van der Waals surface area contributed by atoms with E-state index in [-0.39, 0.29) is 17.6 Å². The summed E-state index contributed by atoms with van der Waals surface area (Å²) in [6.07, 6.45) is 3.04. The van der Waals surface area contributed by atoms with Crippen molar-refractivity contribution in [1.82, 2.24) is 5.27 Å². The summed E-state index contributed by atoms with van der Waals surface area (Å²) in [7, 11) is 0. The molecule has 1 saturated heterocycles. The van der Waals surface area contributed by atoms with Gasteiger partial charge in [-0.05, 0) is 18.1 Å². The van der Waals surface area contributed by atoms with Crippen LogP contribution in [0.1, 0.15) is 19.8 Å². The molecule has 0 aromatic carbocycles. The Balaban J connectivity index is 1.90. The third kappa shape index (κ3) is 2.41. The fourth-order valence-corrected chi connectivity index (χ4v) is 1.77. The standard InChI is InChI=1S/C9H14N4O3/c1-7(14)15-8-2-4-12(5-3-8)13-6-9(10)16-11-13/h6,8,10H,2-5H2,1H3. The summed E-state index contributed by atoms with van der Waals surface area (Å²) < 4.78 is 9.79. The molecule has 0 unspecified atom stereocenters. The van der Waals surface area contributed by atoms with Gasteiger partial charge in [0.05, 0.1) is 0 Å². The number of esters is 1. The maximum absolute atomic E-state index is 10.8. The Bertz CT molecular complexity index is 416. The summed E-state index contributed by atoms with van der Waals surface area (Å²) >= 11 is 0. The first-order valence-corrected chi connectivity index (χ1v) is 5.18. The van der Waals surface area contributed by atoms with Crippen molar-refractivity contribution < 1.29 is 18.8 Å². The Labute approximate surface area is 92.0 Å². The molecule has 7 heteroatoms. The predicted octanol–water partition coefficient (Wildman–Crippen LogP) is -1.33. The highest BCUT2D eigenvalue weighted by Crippen LogP contribution is 2.10. The van der Waals surface area contributed by atoms with Gasteiger partial charge in [-0.1, -0.05) is 4.79 Å². The molecular formula is C9H14N4O3. The molecule has 0 bridgehead atoms. The molecule has 0 aliphatic carbocycles. The van der Waals surface area contributed by atoms with Crippen molar-refractivity contribution in [3.63, 3.8) is 0 Å². The molecule has 1 aromatic rings. The SMILES string of the molecule is CC(=O)OC1CCN([n+]2cc(=N)o[n-]2)CC1. The van der Waals surface area contributed by atoms with Gasteiger partial charge in [-0.3, -0.25) is 15.2 Å². The molecule has 0 spiro atoms. The zero-order valence-corrected chi connectivity index (χ0v) is 9.05. The van der Waals surface area contributed by atoms with Crippen LogP contribution in [0.4, 0.5) is 0 Å². The summed E-state index contributed by atoms with van der Waals surface area (Å²) in [4.78, 5) is 12.3. The Morgan fingerprint density at radius 3 is 2.88 bits per heavy atom. The van der Waals surface area contributed by atoms with Crippen LogP contribution in [-0.2, 0) is 9.53 Å². The van der Waals surface area contributed by atoms with Gasteiger partial charge in [0.25, 0.3) is 11.8 Å². The largest absolute Gasteiger partial charge is 0.463 e. The van der Waals surface area contributed by atoms with Crippen LogP contribution in [0.2, 0.25) is 0 Å². The Hall–Kier alpha value is -1.79. The number of carbonyl (C=O) groups is 1. The zero-order valence-electron chi connectivity index (χ0n) is 9.05. The van der Waals surface area contributed by atoms with E-state index in [0.29, 0.717) is 0 Å². The first-order valence-electron chi connectivity index (χ1n) is 5.18. The van der Waals surface area contributed by atoms with E-state index in [4.69, 9.17) is 10.1 Å². The van der Waals surface area contributed by atoms with Crippen LogP contribution in [0.15, 0.2) is 10.7 Å². The summed E-state index contributed by atoms with van der Waals surface area (Å²) in [5.41, 5.74) is 0.0297. The molecule has 1 aromatic heterocycles. The third-order valence-corrected chi connectivity index (χ3v) is 2.50. The fraction of sp³-hybridized carbons (Fsp3) is 0.667. The lowest BCUT2D eigenvalue weighted by Gasteiger charge is -2.31. The summed E-state index contributed by atoms with van der Waals surface area (Å²) in [6, 6.07) is 0. The molecule has 88 valence electrons. The number of aromatic nitrogens is 2.